The normalized spacial score (nSPS) is 17.5. The lowest BCUT2D eigenvalue weighted by Crippen LogP contribution is -2.60. The summed E-state index contributed by atoms with van der Waals surface area (Å²) in [6.45, 7) is 8.13. The van der Waals surface area contributed by atoms with E-state index in [4.69, 9.17) is 28.5 Å². The third kappa shape index (κ3) is 5.07. The third-order valence-electron chi connectivity index (χ3n) is 4.63. The van der Waals surface area contributed by atoms with E-state index in [2.05, 4.69) is 0 Å². The zero-order valence-electron chi connectivity index (χ0n) is 19.6. The Balaban J connectivity index is 2.57. The quantitative estimate of drug-likeness (QED) is 0.349. The SMILES string of the molecule is CCOC(=O)C1(C(=O)OCC)CC(c2ccc(OC)c(OC)c2)ON1C(=O)OC(C)(C)C. The molecule has 1 aromatic carbocycles. The minimum absolute atomic E-state index is 0.0107. The molecule has 0 N–H and O–H groups in total. The Bertz CT molecular complexity index is 828. The number of ether oxygens (including phenoxy) is 5. The number of rotatable bonds is 7. The predicted molar refractivity (Wildman–Crippen MR) is 112 cm³/mol. The molecule has 10 heteroatoms. The predicted octanol–water partition coefficient (Wildman–Crippen LogP) is 3.18. The maximum Gasteiger partial charge on any atom is 0.436 e. The van der Waals surface area contributed by atoms with Crippen molar-refractivity contribution in [3.8, 4) is 11.5 Å². The van der Waals surface area contributed by atoms with Crippen molar-refractivity contribution >= 4 is 18.0 Å². The monoisotopic (exact) mass is 453 g/mol. The van der Waals surface area contributed by atoms with Crippen LogP contribution in [0.4, 0.5) is 4.79 Å². The van der Waals surface area contributed by atoms with E-state index in [9.17, 15) is 14.4 Å². The van der Waals surface area contributed by atoms with Crippen molar-refractivity contribution in [3.05, 3.63) is 23.8 Å². The lowest BCUT2D eigenvalue weighted by atomic mass is 9.90. The second-order valence-corrected chi connectivity index (χ2v) is 7.99. The Labute approximate surface area is 187 Å². The molecule has 1 atom stereocenters. The van der Waals surface area contributed by atoms with Gasteiger partial charge in [0.05, 0.1) is 27.4 Å². The highest BCUT2D eigenvalue weighted by molar-refractivity contribution is 6.07. The molecule has 10 nitrogen and oxygen atoms in total. The summed E-state index contributed by atoms with van der Waals surface area (Å²) in [6, 6.07) is 4.99. The van der Waals surface area contributed by atoms with Gasteiger partial charge in [-0.15, -0.1) is 0 Å². The molecule has 0 spiro atoms. The van der Waals surface area contributed by atoms with Crippen LogP contribution in [0.5, 0.6) is 11.5 Å². The van der Waals surface area contributed by atoms with Crippen molar-refractivity contribution in [2.24, 2.45) is 0 Å². The van der Waals surface area contributed by atoms with Gasteiger partial charge in [0.1, 0.15) is 11.7 Å². The van der Waals surface area contributed by atoms with Crippen molar-refractivity contribution in [1.82, 2.24) is 5.06 Å². The minimum Gasteiger partial charge on any atom is -0.493 e. The van der Waals surface area contributed by atoms with E-state index in [1.165, 1.54) is 14.2 Å². The van der Waals surface area contributed by atoms with Crippen LogP contribution < -0.4 is 9.47 Å². The van der Waals surface area contributed by atoms with Crippen LogP contribution in [0.25, 0.3) is 0 Å². The number of benzene rings is 1. The molecule has 1 amide bonds. The molecule has 178 valence electrons. The Kier molecular flexibility index (Phi) is 7.95. The summed E-state index contributed by atoms with van der Waals surface area (Å²) in [5.41, 5.74) is -2.53. The van der Waals surface area contributed by atoms with E-state index in [0.29, 0.717) is 22.1 Å². The lowest BCUT2D eigenvalue weighted by molar-refractivity contribution is -0.204. The highest BCUT2D eigenvalue weighted by Gasteiger charge is 2.64. The van der Waals surface area contributed by atoms with E-state index in [0.717, 1.165) is 0 Å². The molecule has 32 heavy (non-hydrogen) atoms. The molecule has 1 saturated heterocycles. The zero-order chi connectivity index (χ0) is 24.1. The van der Waals surface area contributed by atoms with Gasteiger partial charge in [0.25, 0.3) is 5.54 Å². The molecule has 1 heterocycles. The number of nitrogens with zero attached hydrogens (tertiary/aromatic N) is 1. The van der Waals surface area contributed by atoms with Gasteiger partial charge in [-0.25, -0.2) is 14.4 Å². The first-order valence-electron chi connectivity index (χ1n) is 10.3. The topological polar surface area (TPSA) is 110 Å². The summed E-state index contributed by atoms with van der Waals surface area (Å²) in [4.78, 5) is 45.0. The van der Waals surface area contributed by atoms with Gasteiger partial charge in [0.2, 0.25) is 0 Å². The van der Waals surface area contributed by atoms with Gasteiger partial charge in [0, 0.05) is 6.42 Å². The molecule has 0 aromatic heterocycles. The molecular weight excluding hydrogens is 422 g/mol. The number of esters is 2. The van der Waals surface area contributed by atoms with Gasteiger partial charge in [-0.3, -0.25) is 4.84 Å². The molecule has 1 aliphatic heterocycles. The van der Waals surface area contributed by atoms with Crippen molar-refractivity contribution < 1.29 is 42.9 Å². The van der Waals surface area contributed by atoms with E-state index in [1.54, 1.807) is 52.8 Å². The van der Waals surface area contributed by atoms with E-state index < -0.39 is 35.3 Å². The molecule has 0 saturated carbocycles. The average Bonchev–Trinajstić information content (AvgIpc) is 3.14. The highest BCUT2D eigenvalue weighted by Crippen LogP contribution is 2.44. The fourth-order valence-corrected chi connectivity index (χ4v) is 3.26. The van der Waals surface area contributed by atoms with Crippen LogP contribution in [0.2, 0.25) is 0 Å². The van der Waals surface area contributed by atoms with Gasteiger partial charge >= 0.3 is 18.0 Å². The smallest absolute Gasteiger partial charge is 0.436 e. The molecule has 1 unspecified atom stereocenters. The van der Waals surface area contributed by atoms with Crippen molar-refractivity contribution in [1.29, 1.82) is 0 Å². The van der Waals surface area contributed by atoms with Gasteiger partial charge in [0.15, 0.2) is 11.5 Å². The highest BCUT2D eigenvalue weighted by atomic mass is 16.8. The number of hydrogen-bond donors (Lipinski definition) is 0. The number of hydroxylamine groups is 2. The van der Waals surface area contributed by atoms with E-state index in [1.807, 2.05) is 0 Å². The summed E-state index contributed by atoms with van der Waals surface area (Å²) in [5, 5.41) is 0.635. The fourth-order valence-electron chi connectivity index (χ4n) is 3.26. The Morgan fingerprint density at radius 3 is 2.06 bits per heavy atom. The Hall–Kier alpha value is -3.01. The first-order chi connectivity index (χ1) is 15.0. The summed E-state index contributed by atoms with van der Waals surface area (Å²) >= 11 is 0. The second kappa shape index (κ2) is 10.1. The van der Waals surface area contributed by atoms with E-state index in [-0.39, 0.29) is 19.6 Å². The van der Waals surface area contributed by atoms with Gasteiger partial charge in [-0.1, -0.05) is 6.07 Å². The summed E-state index contributed by atoms with van der Waals surface area (Å²) in [5.74, 6) is -1.03. The number of methoxy groups -OCH3 is 2. The first-order valence-corrected chi connectivity index (χ1v) is 10.3. The fraction of sp³-hybridized carbons (Fsp3) is 0.591. The molecule has 2 rings (SSSR count). The number of amides is 1. The molecule has 1 aromatic rings. The largest absolute Gasteiger partial charge is 0.493 e. The molecule has 0 aliphatic carbocycles. The summed E-state index contributed by atoms with van der Waals surface area (Å²) in [6.07, 6.45) is -2.13. The van der Waals surface area contributed by atoms with Gasteiger partial charge in [-0.2, -0.15) is 5.06 Å². The van der Waals surface area contributed by atoms with Crippen LogP contribution >= 0.6 is 0 Å². The standard InChI is InChI=1S/C22H31NO9/c1-8-29-18(24)22(19(25)30-9-2)13-17(32-23(22)20(26)31-21(3,4)5)14-10-11-15(27-6)16(12-14)28-7/h10-12,17H,8-9,13H2,1-7H3. The number of carbonyl (C=O) groups is 3. The van der Waals surface area contributed by atoms with Gasteiger partial charge < -0.3 is 23.7 Å². The van der Waals surface area contributed by atoms with Crippen molar-refractivity contribution in [2.45, 2.75) is 58.3 Å². The Morgan fingerprint density at radius 2 is 1.59 bits per heavy atom. The van der Waals surface area contributed by atoms with Crippen LogP contribution in [-0.4, -0.2) is 61.7 Å². The van der Waals surface area contributed by atoms with Gasteiger partial charge in [-0.05, 0) is 52.3 Å². The molecule has 0 bridgehead atoms. The van der Waals surface area contributed by atoms with Crippen LogP contribution in [0.1, 0.15) is 52.7 Å². The molecular formula is C22H31NO9. The van der Waals surface area contributed by atoms with Crippen molar-refractivity contribution in [3.63, 3.8) is 0 Å². The maximum atomic E-state index is 13.1. The molecule has 1 aliphatic rings. The van der Waals surface area contributed by atoms with Crippen LogP contribution in [0.3, 0.4) is 0 Å². The second-order valence-electron chi connectivity index (χ2n) is 7.99. The molecule has 1 fully saturated rings. The third-order valence-corrected chi connectivity index (χ3v) is 4.63. The maximum absolute atomic E-state index is 13.1. The first kappa shape index (κ1) is 25.3. The average molecular weight is 453 g/mol. The van der Waals surface area contributed by atoms with Crippen molar-refractivity contribution in [2.75, 3.05) is 27.4 Å². The van der Waals surface area contributed by atoms with Crippen LogP contribution in [-0.2, 0) is 28.6 Å². The number of carbonyl (C=O) groups excluding carboxylic acids is 3. The number of hydrogen-bond acceptors (Lipinski definition) is 9. The lowest BCUT2D eigenvalue weighted by Gasteiger charge is -2.32. The van der Waals surface area contributed by atoms with Crippen LogP contribution in [0, 0.1) is 0 Å². The molecule has 0 radical (unpaired) electrons. The van der Waals surface area contributed by atoms with E-state index >= 15 is 0 Å². The minimum atomic E-state index is -2.17. The zero-order valence-corrected chi connectivity index (χ0v) is 19.6. The van der Waals surface area contributed by atoms with Crippen LogP contribution in [0.15, 0.2) is 18.2 Å². The summed E-state index contributed by atoms with van der Waals surface area (Å²) in [7, 11) is 2.98. The Morgan fingerprint density at radius 1 is 1.03 bits per heavy atom. The summed E-state index contributed by atoms with van der Waals surface area (Å²) < 4.78 is 26.3.